The lowest BCUT2D eigenvalue weighted by molar-refractivity contribution is -0.385. The molecule has 0 saturated carbocycles. The number of anilines is 1. The van der Waals surface area contributed by atoms with Gasteiger partial charge in [0.25, 0.3) is 5.88 Å². The molecule has 0 spiro atoms. The van der Waals surface area contributed by atoms with E-state index < -0.39 is 4.92 Å². The topological polar surface area (TPSA) is 90.2 Å². The van der Waals surface area contributed by atoms with Crippen molar-refractivity contribution in [2.75, 3.05) is 5.32 Å². The summed E-state index contributed by atoms with van der Waals surface area (Å²) in [5.41, 5.74) is 0.749. The van der Waals surface area contributed by atoms with Crippen molar-refractivity contribution in [3.8, 4) is 5.88 Å². The standard InChI is InChI=1S/C14H16N4O3/c1-10(2)21-14-12(18(19)20)13(16-9-17-14)15-8-11-6-4-3-5-7-11/h3-7,9-10H,8H2,1-2H3,(H,15,16,17). The third-order valence-corrected chi connectivity index (χ3v) is 2.62. The van der Waals surface area contributed by atoms with Crippen molar-refractivity contribution in [3.05, 3.63) is 52.3 Å². The number of ether oxygens (including phenoxy) is 1. The highest BCUT2D eigenvalue weighted by molar-refractivity contribution is 5.61. The van der Waals surface area contributed by atoms with Crippen LogP contribution < -0.4 is 10.1 Å². The summed E-state index contributed by atoms with van der Waals surface area (Å²) < 4.78 is 5.37. The van der Waals surface area contributed by atoms with Gasteiger partial charge in [-0.3, -0.25) is 10.1 Å². The average molecular weight is 288 g/mol. The van der Waals surface area contributed by atoms with Crippen LogP contribution in [0, 0.1) is 10.1 Å². The molecule has 0 fully saturated rings. The molecule has 1 heterocycles. The molecule has 7 nitrogen and oxygen atoms in total. The summed E-state index contributed by atoms with van der Waals surface area (Å²) in [5.74, 6) is 0.120. The minimum absolute atomic E-state index is 0.0273. The van der Waals surface area contributed by atoms with E-state index in [0.29, 0.717) is 6.54 Å². The van der Waals surface area contributed by atoms with Gasteiger partial charge in [0.05, 0.1) is 11.0 Å². The van der Waals surface area contributed by atoms with Gasteiger partial charge in [-0.1, -0.05) is 30.3 Å². The van der Waals surface area contributed by atoms with Gasteiger partial charge in [-0.2, -0.15) is 4.98 Å². The molecule has 0 aliphatic heterocycles. The Hall–Kier alpha value is -2.70. The molecule has 0 bridgehead atoms. The lowest BCUT2D eigenvalue weighted by Crippen LogP contribution is -2.12. The number of nitrogens with zero attached hydrogens (tertiary/aromatic N) is 3. The largest absolute Gasteiger partial charge is 0.470 e. The molecule has 1 aromatic carbocycles. The molecular weight excluding hydrogens is 272 g/mol. The number of nitro groups is 1. The maximum atomic E-state index is 11.2. The van der Waals surface area contributed by atoms with Gasteiger partial charge >= 0.3 is 5.69 Å². The van der Waals surface area contributed by atoms with Crippen molar-refractivity contribution in [2.24, 2.45) is 0 Å². The summed E-state index contributed by atoms with van der Waals surface area (Å²) in [4.78, 5) is 18.5. The molecule has 0 amide bonds. The normalized spacial score (nSPS) is 10.4. The molecule has 2 rings (SSSR count). The zero-order chi connectivity index (χ0) is 15.2. The maximum Gasteiger partial charge on any atom is 0.372 e. The number of rotatable bonds is 6. The zero-order valence-corrected chi connectivity index (χ0v) is 11.8. The van der Waals surface area contributed by atoms with Gasteiger partial charge in [-0.25, -0.2) is 4.98 Å². The smallest absolute Gasteiger partial charge is 0.372 e. The SMILES string of the molecule is CC(C)Oc1ncnc(NCc2ccccc2)c1[N+](=O)[O-]. The first-order chi connectivity index (χ1) is 10.1. The maximum absolute atomic E-state index is 11.2. The molecule has 0 atom stereocenters. The second kappa shape index (κ2) is 6.65. The van der Waals surface area contributed by atoms with E-state index in [9.17, 15) is 10.1 Å². The Morgan fingerprint density at radius 3 is 2.62 bits per heavy atom. The van der Waals surface area contributed by atoms with E-state index in [0.717, 1.165) is 5.56 Å². The van der Waals surface area contributed by atoms with Crippen LogP contribution in [-0.2, 0) is 6.54 Å². The Labute approximate surface area is 122 Å². The summed E-state index contributed by atoms with van der Waals surface area (Å²) in [6.07, 6.45) is 1.04. The highest BCUT2D eigenvalue weighted by Crippen LogP contribution is 2.31. The molecule has 110 valence electrons. The summed E-state index contributed by atoms with van der Waals surface area (Å²) in [5, 5.41) is 14.2. The fourth-order valence-electron chi connectivity index (χ4n) is 1.75. The molecule has 0 unspecified atom stereocenters. The van der Waals surface area contributed by atoms with Crippen molar-refractivity contribution in [2.45, 2.75) is 26.5 Å². The molecule has 2 aromatic rings. The number of aromatic nitrogens is 2. The van der Waals surface area contributed by atoms with E-state index in [1.54, 1.807) is 13.8 Å². The Kier molecular flexibility index (Phi) is 4.65. The third kappa shape index (κ3) is 3.88. The number of hydrogen-bond acceptors (Lipinski definition) is 6. The predicted molar refractivity (Wildman–Crippen MR) is 78.2 cm³/mol. The van der Waals surface area contributed by atoms with Crippen molar-refractivity contribution < 1.29 is 9.66 Å². The molecular formula is C14H16N4O3. The monoisotopic (exact) mass is 288 g/mol. The highest BCUT2D eigenvalue weighted by atomic mass is 16.6. The van der Waals surface area contributed by atoms with Gasteiger partial charge in [0.1, 0.15) is 6.33 Å². The fourth-order valence-corrected chi connectivity index (χ4v) is 1.75. The predicted octanol–water partition coefficient (Wildman–Crippen LogP) is 2.78. The Morgan fingerprint density at radius 1 is 1.29 bits per heavy atom. The number of benzene rings is 1. The van der Waals surface area contributed by atoms with Crippen LogP contribution >= 0.6 is 0 Å². The Bertz CT molecular complexity index is 617. The molecule has 7 heteroatoms. The first-order valence-electron chi connectivity index (χ1n) is 6.51. The van der Waals surface area contributed by atoms with Crippen molar-refractivity contribution >= 4 is 11.5 Å². The highest BCUT2D eigenvalue weighted by Gasteiger charge is 2.24. The molecule has 0 aliphatic carbocycles. The van der Waals surface area contributed by atoms with Crippen LogP contribution in [0.3, 0.4) is 0 Å². The van der Waals surface area contributed by atoms with Crippen molar-refractivity contribution in [3.63, 3.8) is 0 Å². The third-order valence-electron chi connectivity index (χ3n) is 2.62. The Balaban J connectivity index is 2.24. The van der Waals surface area contributed by atoms with Crippen LogP contribution in [0.5, 0.6) is 5.88 Å². The van der Waals surface area contributed by atoms with Crippen molar-refractivity contribution in [1.29, 1.82) is 0 Å². The Morgan fingerprint density at radius 2 is 2.00 bits per heavy atom. The van der Waals surface area contributed by atoms with Crippen LogP contribution in [-0.4, -0.2) is 21.0 Å². The van der Waals surface area contributed by atoms with Gasteiger partial charge in [0.15, 0.2) is 0 Å². The van der Waals surface area contributed by atoms with E-state index in [1.165, 1.54) is 6.33 Å². The van der Waals surface area contributed by atoms with Crippen molar-refractivity contribution in [1.82, 2.24) is 9.97 Å². The number of nitrogens with one attached hydrogen (secondary N) is 1. The van der Waals surface area contributed by atoms with Crippen LogP contribution in [0.4, 0.5) is 11.5 Å². The fraction of sp³-hybridized carbons (Fsp3) is 0.286. The van der Waals surface area contributed by atoms with Crippen LogP contribution in [0.25, 0.3) is 0 Å². The van der Waals surface area contributed by atoms with E-state index in [4.69, 9.17) is 4.74 Å². The average Bonchev–Trinajstić information content (AvgIpc) is 2.45. The van der Waals surface area contributed by atoms with Gasteiger partial charge in [0, 0.05) is 6.54 Å². The van der Waals surface area contributed by atoms with E-state index in [2.05, 4.69) is 15.3 Å². The lowest BCUT2D eigenvalue weighted by Gasteiger charge is -2.11. The van der Waals surface area contributed by atoms with E-state index in [1.807, 2.05) is 30.3 Å². The second-order valence-electron chi connectivity index (χ2n) is 4.64. The minimum Gasteiger partial charge on any atom is -0.470 e. The molecule has 0 saturated heterocycles. The summed E-state index contributed by atoms with van der Waals surface area (Å²) in [6.45, 7) is 3.99. The molecule has 21 heavy (non-hydrogen) atoms. The first-order valence-corrected chi connectivity index (χ1v) is 6.51. The van der Waals surface area contributed by atoms with Gasteiger partial charge in [0.2, 0.25) is 5.82 Å². The summed E-state index contributed by atoms with van der Waals surface area (Å²) in [7, 11) is 0. The lowest BCUT2D eigenvalue weighted by atomic mass is 10.2. The van der Waals surface area contributed by atoms with Gasteiger partial charge < -0.3 is 10.1 Å². The molecule has 0 aliphatic rings. The quantitative estimate of drug-likeness (QED) is 0.649. The minimum atomic E-state index is -0.537. The van der Waals surface area contributed by atoms with Crippen LogP contribution in [0.1, 0.15) is 19.4 Å². The van der Waals surface area contributed by atoms with E-state index in [-0.39, 0.29) is 23.5 Å². The summed E-state index contributed by atoms with van der Waals surface area (Å²) in [6, 6.07) is 9.56. The first kappa shape index (κ1) is 14.7. The number of hydrogen-bond donors (Lipinski definition) is 1. The van der Waals surface area contributed by atoms with Gasteiger partial charge in [-0.15, -0.1) is 0 Å². The summed E-state index contributed by atoms with van der Waals surface area (Å²) >= 11 is 0. The van der Waals surface area contributed by atoms with Gasteiger partial charge in [-0.05, 0) is 19.4 Å². The molecule has 1 N–H and O–H groups in total. The van der Waals surface area contributed by atoms with Crippen LogP contribution in [0.2, 0.25) is 0 Å². The van der Waals surface area contributed by atoms with Crippen LogP contribution in [0.15, 0.2) is 36.7 Å². The molecule has 0 radical (unpaired) electrons. The zero-order valence-electron chi connectivity index (χ0n) is 11.8. The van der Waals surface area contributed by atoms with E-state index >= 15 is 0 Å². The molecule has 1 aromatic heterocycles. The second-order valence-corrected chi connectivity index (χ2v) is 4.64.